The third kappa shape index (κ3) is 9.07. The highest BCUT2D eigenvalue weighted by atomic mass is 16.5. The van der Waals surface area contributed by atoms with Crippen molar-refractivity contribution < 1.29 is 9.47 Å². The van der Waals surface area contributed by atoms with Crippen LogP contribution in [-0.2, 0) is 9.47 Å². The highest BCUT2D eigenvalue weighted by molar-refractivity contribution is 5.79. The van der Waals surface area contributed by atoms with E-state index in [-0.39, 0.29) is 6.10 Å². The van der Waals surface area contributed by atoms with Crippen molar-refractivity contribution in [3.63, 3.8) is 0 Å². The van der Waals surface area contributed by atoms with Gasteiger partial charge in [0.2, 0.25) is 0 Å². The summed E-state index contributed by atoms with van der Waals surface area (Å²) in [7, 11) is 0. The number of morpholine rings is 2. The zero-order valence-electron chi connectivity index (χ0n) is 18.7. The van der Waals surface area contributed by atoms with E-state index in [0.717, 1.165) is 71.3 Å². The number of rotatable bonds is 9. The Labute approximate surface area is 172 Å². The summed E-state index contributed by atoms with van der Waals surface area (Å²) < 4.78 is 11.7. The van der Waals surface area contributed by atoms with Crippen molar-refractivity contribution in [2.45, 2.75) is 59.4 Å². The van der Waals surface area contributed by atoms with Crippen molar-refractivity contribution >= 4 is 5.96 Å². The van der Waals surface area contributed by atoms with Gasteiger partial charge < -0.3 is 20.1 Å². The Balaban J connectivity index is 1.69. The van der Waals surface area contributed by atoms with E-state index in [0.29, 0.717) is 24.7 Å². The average Bonchev–Trinajstić information content (AvgIpc) is 2.62. The molecule has 7 heteroatoms. The molecule has 2 rings (SSSR count). The lowest BCUT2D eigenvalue weighted by molar-refractivity contribution is -0.0679. The summed E-state index contributed by atoms with van der Waals surface area (Å²) in [5.74, 6) is 1.59. The van der Waals surface area contributed by atoms with E-state index in [1.165, 1.54) is 0 Å². The van der Waals surface area contributed by atoms with Crippen LogP contribution in [0.3, 0.4) is 0 Å². The molecule has 0 aromatic carbocycles. The van der Waals surface area contributed by atoms with Gasteiger partial charge in [0.25, 0.3) is 0 Å². The zero-order valence-corrected chi connectivity index (χ0v) is 18.7. The molecule has 0 bridgehead atoms. The topological polar surface area (TPSA) is 61.4 Å². The SMILES string of the molecule is CCNC(=NCC1CN(CC(C)C)CCO1)NCCCN1CC(C)OC(C)C1. The van der Waals surface area contributed by atoms with Gasteiger partial charge in [-0.2, -0.15) is 0 Å². The maximum Gasteiger partial charge on any atom is 0.191 e. The van der Waals surface area contributed by atoms with Crippen LogP contribution in [0.5, 0.6) is 0 Å². The highest BCUT2D eigenvalue weighted by Crippen LogP contribution is 2.10. The molecule has 0 amide bonds. The van der Waals surface area contributed by atoms with Gasteiger partial charge in [0.15, 0.2) is 5.96 Å². The molecule has 0 aliphatic carbocycles. The van der Waals surface area contributed by atoms with E-state index >= 15 is 0 Å². The zero-order chi connectivity index (χ0) is 20.4. The predicted octanol–water partition coefficient (Wildman–Crippen LogP) is 1.40. The van der Waals surface area contributed by atoms with Gasteiger partial charge in [0.1, 0.15) is 0 Å². The van der Waals surface area contributed by atoms with Crippen molar-refractivity contribution in [2.75, 3.05) is 65.5 Å². The summed E-state index contributed by atoms with van der Waals surface area (Å²) in [6, 6.07) is 0. The van der Waals surface area contributed by atoms with Gasteiger partial charge >= 0.3 is 0 Å². The fourth-order valence-electron chi connectivity index (χ4n) is 4.08. The minimum atomic E-state index is 0.194. The molecule has 2 heterocycles. The standard InChI is InChI=1S/C21H43N5O2/c1-6-22-21(23-8-7-9-25-14-18(4)28-19(5)15-25)24-12-20-16-26(10-11-27-20)13-17(2)3/h17-20H,6-16H2,1-5H3,(H2,22,23,24). The van der Waals surface area contributed by atoms with Gasteiger partial charge in [-0.3, -0.25) is 14.8 Å². The fraction of sp³-hybridized carbons (Fsp3) is 0.952. The molecular formula is C21H43N5O2. The molecule has 0 aromatic heterocycles. The summed E-state index contributed by atoms with van der Waals surface area (Å²) in [5, 5.41) is 6.83. The molecule has 2 N–H and O–H groups in total. The average molecular weight is 398 g/mol. The Morgan fingerprint density at radius 2 is 1.86 bits per heavy atom. The van der Waals surface area contributed by atoms with Gasteiger partial charge in [-0.15, -0.1) is 0 Å². The van der Waals surface area contributed by atoms with Crippen molar-refractivity contribution in [3.8, 4) is 0 Å². The Hall–Kier alpha value is -0.890. The molecule has 2 aliphatic heterocycles. The van der Waals surface area contributed by atoms with Gasteiger partial charge in [-0.25, -0.2) is 0 Å². The van der Waals surface area contributed by atoms with E-state index in [2.05, 4.69) is 55.1 Å². The summed E-state index contributed by atoms with van der Waals surface area (Å²) in [4.78, 5) is 9.77. The number of guanidine groups is 1. The van der Waals surface area contributed by atoms with Crippen molar-refractivity contribution in [2.24, 2.45) is 10.9 Å². The van der Waals surface area contributed by atoms with E-state index < -0.39 is 0 Å². The molecule has 2 fully saturated rings. The van der Waals surface area contributed by atoms with Crippen LogP contribution in [0, 0.1) is 5.92 Å². The second-order valence-electron chi connectivity index (χ2n) is 8.66. The van der Waals surface area contributed by atoms with Crippen molar-refractivity contribution in [1.29, 1.82) is 0 Å². The number of ether oxygens (including phenoxy) is 2. The van der Waals surface area contributed by atoms with E-state index in [4.69, 9.17) is 14.5 Å². The van der Waals surface area contributed by atoms with E-state index in [1.54, 1.807) is 0 Å². The van der Waals surface area contributed by atoms with Crippen molar-refractivity contribution in [3.05, 3.63) is 0 Å². The molecule has 7 nitrogen and oxygen atoms in total. The first-order valence-electron chi connectivity index (χ1n) is 11.2. The van der Waals surface area contributed by atoms with Gasteiger partial charge in [0, 0.05) is 52.4 Å². The second kappa shape index (κ2) is 12.6. The van der Waals surface area contributed by atoms with Crippen LogP contribution in [0.25, 0.3) is 0 Å². The van der Waals surface area contributed by atoms with Crippen LogP contribution in [0.15, 0.2) is 4.99 Å². The number of nitrogens with zero attached hydrogens (tertiary/aromatic N) is 3. The molecule has 2 aliphatic rings. The monoisotopic (exact) mass is 397 g/mol. The molecule has 3 unspecified atom stereocenters. The molecule has 0 spiro atoms. The summed E-state index contributed by atoms with van der Waals surface area (Å²) >= 11 is 0. The third-order valence-electron chi connectivity index (χ3n) is 5.08. The lowest BCUT2D eigenvalue weighted by Gasteiger charge is -2.35. The highest BCUT2D eigenvalue weighted by Gasteiger charge is 2.22. The minimum absolute atomic E-state index is 0.194. The van der Waals surface area contributed by atoms with Gasteiger partial charge in [-0.05, 0) is 33.1 Å². The largest absolute Gasteiger partial charge is 0.374 e. The summed E-state index contributed by atoms with van der Waals surface area (Å²) in [6.07, 6.45) is 1.97. The lowest BCUT2D eigenvalue weighted by Crippen LogP contribution is -2.47. The molecule has 0 radical (unpaired) electrons. The van der Waals surface area contributed by atoms with Crippen LogP contribution in [0.4, 0.5) is 0 Å². The third-order valence-corrected chi connectivity index (χ3v) is 5.08. The first-order valence-corrected chi connectivity index (χ1v) is 11.2. The van der Waals surface area contributed by atoms with Crippen molar-refractivity contribution in [1.82, 2.24) is 20.4 Å². The summed E-state index contributed by atoms with van der Waals surface area (Å²) in [5.41, 5.74) is 0. The molecular weight excluding hydrogens is 354 g/mol. The van der Waals surface area contributed by atoms with Crippen LogP contribution >= 0.6 is 0 Å². The maximum atomic E-state index is 5.92. The number of hydrogen-bond donors (Lipinski definition) is 2. The number of hydrogen-bond acceptors (Lipinski definition) is 5. The van der Waals surface area contributed by atoms with Crippen LogP contribution in [0.2, 0.25) is 0 Å². The summed E-state index contributed by atoms with van der Waals surface area (Å²) in [6.45, 7) is 20.6. The molecule has 0 saturated carbocycles. The number of aliphatic imine (C=N–C) groups is 1. The lowest BCUT2D eigenvalue weighted by atomic mass is 10.2. The normalized spacial score (nSPS) is 27.9. The van der Waals surface area contributed by atoms with Crippen LogP contribution < -0.4 is 10.6 Å². The maximum absolute atomic E-state index is 5.92. The Kier molecular flexibility index (Phi) is 10.5. The van der Waals surface area contributed by atoms with Gasteiger partial charge in [0.05, 0.1) is 31.5 Å². The first-order chi connectivity index (χ1) is 13.5. The molecule has 2 saturated heterocycles. The van der Waals surface area contributed by atoms with Crippen LogP contribution in [0.1, 0.15) is 41.0 Å². The fourth-order valence-corrected chi connectivity index (χ4v) is 4.08. The number of nitrogens with one attached hydrogen (secondary N) is 2. The quantitative estimate of drug-likeness (QED) is 0.348. The van der Waals surface area contributed by atoms with E-state index in [1.807, 2.05) is 0 Å². The first kappa shape index (κ1) is 23.4. The Morgan fingerprint density at radius 3 is 2.54 bits per heavy atom. The molecule has 164 valence electrons. The van der Waals surface area contributed by atoms with Gasteiger partial charge in [-0.1, -0.05) is 13.8 Å². The Bertz CT molecular complexity index is 450. The minimum Gasteiger partial charge on any atom is -0.374 e. The Morgan fingerprint density at radius 1 is 1.11 bits per heavy atom. The second-order valence-corrected chi connectivity index (χ2v) is 8.66. The van der Waals surface area contributed by atoms with Crippen LogP contribution in [-0.4, -0.2) is 99.6 Å². The molecule has 0 aromatic rings. The van der Waals surface area contributed by atoms with E-state index in [9.17, 15) is 0 Å². The smallest absolute Gasteiger partial charge is 0.191 e. The molecule has 3 atom stereocenters. The molecule has 28 heavy (non-hydrogen) atoms. The predicted molar refractivity (Wildman–Crippen MR) is 116 cm³/mol.